The monoisotopic (exact) mass is 463 g/mol. The van der Waals surface area contributed by atoms with Crippen LogP contribution in [0.25, 0.3) is 11.1 Å². The van der Waals surface area contributed by atoms with Crippen LogP contribution in [0.15, 0.2) is 36.4 Å². The van der Waals surface area contributed by atoms with Gasteiger partial charge in [-0.1, -0.05) is 18.2 Å². The number of ether oxygens (including phenoxy) is 1. The molecule has 0 bridgehead atoms. The van der Waals surface area contributed by atoms with Gasteiger partial charge < -0.3 is 20.3 Å². The number of rotatable bonds is 11. The molecule has 2 aromatic carbocycles. The summed E-state index contributed by atoms with van der Waals surface area (Å²) in [7, 11) is 4.28. The zero-order valence-electron chi connectivity index (χ0n) is 21.2. The fourth-order valence-corrected chi connectivity index (χ4v) is 5.12. The number of hydrogen-bond donors (Lipinski definition) is 1. The van der Waals surface area contributed by atoms with Crippen molar-refractivity contribution in [3.8, 4) is 11.1 Å². The van der Waals surface area contributed by atoms with E-state index >= 15 is 0 Å². The van der Waals surface area contributed by atoms with E-state index < -0.39 is 0 Å². The molecule has 2 aliphatic rings. The minimum Gasteiger partial charge on any atom is -0.381 e. The second kappa shape index (κ2) is 11.5. The Morgan fingerprint density at radius 3 is 2.50 bits per heavy atom. The minimum absolute atomic E-state index is 0.270. The number of nitrogens with two attached hydrogens (primary N) is 1. The molecule has 5 nitrogen and oxygen atoms in total. The molecule has 1 aliphatic carbocycles. The van der Waals surface area contributed by atoms with Gasteiger partial charge in [0, 0.05) is 64.1 Å². The van der Waals surface area contributed by atoms with Crippen LogP contribution in [0.5, 0.6) is 0 Å². The van der Waals surface area contributed by atoms with Crippen molar-refractivity contribution < 1.29 is 9.53 Å². The fourth-order valence-electron chi connectivity index (χ4n) is 5.12. The van der Waals surface area contributed by atoms with E-state index in [0.717, 1.165) is 68.3 Å². The van der Waals surface area contributed by atoms with E-state index in [1.54, 1.807) is 0 Å². The Hall–Kier alpha value is -2.21. The molecule has 34 heavy (non-hydrogen) atoms. The van der Waals surface area contributed by atoms with Gasteiger partial charge in [0.15, 0.2) is 5.78 Å². The predicted molar refractivity (Wildman–Crippen MR) is 140 cm³/mol. The fraction of sp³-hybridized carbons (Fsp3) is 0.552. The lowest BCUT2D eigenvalue weighted by Gasteiger charge is -2.25. The highest BCUT2D eigenvalue weighted by Gasteiger charge is 2.26. The Kier molecular flexibility index (Phi) is 8.41. The zero-order valence-corrected chi connectivity index (χ0v) is 21.2. The normalized spacial score (nSPS) is 16.7. The van der Waals surface area contributed by atoms with Gasteiger partial charge >= 0.3 is 0 Å². The molecule has 1 heterocycles. The molecule has 0 radical (unpaired) electrons. The van der Waals surface area contributed by atoms with Crippen LogP contribution in [0, 0.1) is 18.8 Å². The zero-order chi connectivity index (χ0) is 24.1. The number of nitrogens with zero attached hydrogens (tertiary/aromatic N) is 2. The van der Waals surface area contributed by atoms with Crippen LogP contribution in [0.1, 0.15) is 53.6 Å². The van der Waals surface area contributed by atoms with Gasteiger partial charge in [-0.3, -0.25) is 4.79 Å². The number of hydrogen-bond acceptors (Lipinski definition) is 5. The third-order valence-electron chi connectivity index (χ3n) is 7.36. The first-order chi connectivity index (χ1) is 16.4. The smallest absolute Gasteiger partial charge is 0.163 e. The summed E-state index contributed by atoms with van der Waals surface area (Å²) in [5.74, 6) is 1.49. The van der Waals surface area contributed by atoms with Crippen LogP contribution in [-0.2, 0) is 11.3 Å². The summed E-state index contributed by atoms with van der Waals surface area (Å²) in [6.07, 6.45) is 5.21. The van der Waals surface area contributed by atoms with Crippen LogP contribution < -0.4 is 10.6 Å². The van der Waals surface area contributed by atoms with Gasteiger partial charge in [0.05, 0.1) is 0 Å². The number of carbonyl (C=O) groups is 1. The van der Waals surface area contributed by atoms with Gasteiger partial charge in [0.2, 0.25) is 0 Å². The summed E-state index contributed by atoms with van der Waals surface area (Å²) in [6.45, 7) is 7.12. The Morgan fingerprint density at radius 2 is 1.79 bits per heavy atom. The highest BCUT2D eigenvalue weighted by atomic mass is 16.5. The van der Waals surface area contributed by atoms with E-state index in [1.807, 2.05) is 0 Å². The quantitative estimate of drug-likeness (QED) is 0.481. The van der Waals surface area contributed by atoms with Crippen molar-refractivity contribution in [3.63, 3.8) is 0 Å². The number of benzene rings is 2. The van der Waals surface area contributed by atoms with Crippen molar-refractivity contribution in [1.82, 2.24) is 4.90 Å². The molecule has 0 amide bonds. The van der Waals surface area contributed by atoms with Gasteiger partial charge in [-0.05, 0) is 91.9 Å². The number of Topliss-reactive ketones (excluding diaryl/α,β-unsaturated/α-hetero) is 1. The van der Waals surface area contributed by atoms with Crippen LogP contribution in [0.4, 0.5) is 5.69 Å². The molecule has 0 aromatic heterocycles. The van der Waals surface area contributed by atoms with Crippen molar-refractivity contribution >= 4 is 11.5 Å². The van der Waals surface area contributed by atoms with Gasteiger partial charge in [0.1, 0.15) is 0 Å². The Bertz CT molecular complexity index is 979. The first kappa shape index (κ1) is 24.9. The van der Waals surface area contributed by atoms with Crippen LogP contribution in [0.2, 0.25) is 0 Å². The summed E-state index contributed by atoms with van der Waals surface area (Å²) in [6, 6.07) is 13.1. The topological polar surface area (TPSA) is 58.8 Å². The van der Waals surface area contributed by atoms with E-state index in [1.165, 1.54) is 29.7 Å². The SMILES string of the molecule is Cc1c(C(=O)CC2CCOCC2)cc(-c2cccc(CN(C)CCN)c2)cc1N(C)CC1CC1. The second-order valence-corrected chi connectivity index (χ2v) is 10.4. The maximum atomic E-state index is 13.5. The summed E-state index contributed by atoms with van der Waals surface area (Å²) < 4.78 is 5.51. The molecule has 1 saturated heterocycles. The lowest BCUT2D eigenvalue weighted by atomic mass is 9.88. The summed E-state index contributed by atoms with van der Waals surface area (Å²) in [5, 5.41) is 0. The third-order valence-corrected chi connectivity index (χ3v) is 7.36. The Balaban J connectivity index is 1.66. The molecular formula is C29H41N3O2. The molecule has 1 saturated carbocycles. The molecule has 184 valence electrons. The average Bonchev–Trinajstić information content (AvgIpc) is 3.64. The van der Waals surface area contributed by atoms with Crippen molar-refractivity contribution in [1.29, 1.82) is 0 Å². The molecule has 0 atom stereocenters. The second-order valence-electron chi connectivity index (χ2n) is 10.4. The van der Waals surface area contributed by atoms with Crippen LogP contribution in [0.3, 0.4) is 0 Å². The Labute approximate surface area is 205 Å². The number of carbonyl (C=O) groups excluding carboxylic acids is 1. The van der Waals surface area contributed by atoms with Gasteiger partial charge in [-0.15, -0.1) is 0 Å². The molecule has 1 aliphatic heterocycles. The van der Waals surface area contributed by atoms with E-state index in [4.69, 9.17) is 10.5 Å². The maximum absolute atomic E-state index is 13.5. The van der Waals surface area contributed by atoms with Crippen molar-refractivity contribution in [3.05, 3.63) is 53.1 Å². The first-order valence-corrected chi connectivity index (χ1v) is 12.9. The number of anilines is 1. The highest BCUT2D eigenvalue weighted by molar-refractivity contribution is 6.00. The highest BCUT2D eigenvalue weighted by Crippen LogP contribution is 2.36. The lowest BCUT2D eigenvalue weighted by molar-refractivity contribution is 0.0601. The first-order valence-electron chi connectivity index (χ1n) is 12.9. The van der Waals surface area contributed by atoms with E-state index in [0.29, 0.717) is 18.9 Å². The Morgan fingerprint density at radius 1 is 1.03 bits per heavy atom. The molecule has 2 aromatic rings. The molecule has 0 spiro atoms. The van der Waals surface area contributed by atoms with Crippen molar-refractivity contribution in [2.75, 3.05) is 51.8 Å². The largest absolute Gasteiger partial charge is 0.381 e. The molecule has 2 fully saturated rings. The van der Waals surface area contributed by atoms with Gasteiger partial charge in [-0.2, -0.15) is 0 Å². The number of ketones is 1. The van der Waals surface area contributed by atoms with Gasteiger partial charge in [0.25, 0.3) is 0 Å². The maximum Gasteiger partial charge on any atom is 0.163 e. The average molecular weight is 464 g/mol. The summed E-state index contributed by atoms with van der Waals surface area (Å²) in [5.41, 5.74) is 12.5. The van der Waals surface area contributed by atoms with Gasteiger partial charge in [-0.25, -0.2) is 0 Å². The summed E-state index contributed by atoms with van der Waals surface area (Å²) >= 11 is 0. The molecule has 5 heteroatoms. The van der Waals surface area contributed by atoms with E-state index in [-0.39, 0.29) is 5.78 Å². The molecule has 4 rings (SSSR count). The van der Waals surface area contributed by atoms with Crippen molar-refractivity contribution in [2.24, 2.45) is 17.6 Å². The van der Waals surface area contributed by atoms with E-state index in [2.05, 4.69) is 67.2 Å². The molecular weight excluding hydrogens is 422 g/mol. The van der Waals surface area contributed by atoms with E-state index in [9.17, 15) is 4.79 Å². The van der Waals surface area contributed by atoms with Crippen LogP contribution >= 0.6 is 0 Å². The lowest BCUT2D eigenvalue weighted by Crippen LogP contribution is -2.24. The number of likely N-dealkylation sites (N-methyl/N-ethyl adjacent to an activating group) is 1. The minimum atomic E-state index is 0.270. The standard InChI is InChI=1S/C29H41N3O2/c1-21-27(29(33)16-22-9-13-34-14-10-22)17-26(18-28(21)32(3)20-23-7-8-23)25-6-4-5-24(15-25)19-31(2)12-11-30/h4-6,15,17-18,22-23H,7-14,16,19-20,30H2,1-3H3. The predicted octanol–water partition coefficient (Wildman–Crippen LogP) is 4.90. The summed E-state index contributed by atoms with van der Waals surface area (Å²) in [4.78, 5) is 18.1. The van der Waals surface area contributed by atoms with Crippen LogP contribution in [-0.4, -0.2) is 57.6 Å². The molecule has 0 unspecified atom stereocenters. The molecule has 2 N–H and O–H groups in total. The third kappa shape index (κ3) is 6.47. The van der Waals surface area contributed by atoms with Crippen molar-refractivity contribution in [2.45, 2.75) is 45.6 Å².